The van der Waals surface area contributed by atoms with E-state index in [1.165, 1.54) is 52.0 Å². The first-order valence-corrected chi connectivity index (χ1v) is 15.7. The van der Waals surface area contributed by atoms with E-state index in [9.17, 15) is 26.4 Å². The predicted octanol–water partition coefficient (Wildman–Crippen LogP) is 4.55. The van der Waals surface area contributed by atoms with Crippen LogP contribution in [0.15, 0.2) is 34.1 Å². The minimum Gasteiger partial charge on any atom is -0.462 e. The minimum absolute atomic E-state index is 0.0657. The summed E-state index contributed by atoms with van der Waals surface area (Å²) in [7, 11) is -8.44. The number of benzene rings is 2. The highest BCUT2D eigenvalue weighted by atomic mass is 32.2. The van der Waals surface area contributed by atoms with Gasteiger partial charge in [0.25, 0.3) is 5.00 Å². The Balaban J connectivity index is 1.65. The van der Waals surface area contributed by atoms with Crippen LogP contribution >= 0.6 is 0 Å². The number of Topliss-reactive ketones (excluding diaryl/α,β-unsaturated/α-hetero) is 1. The molecule has 0 radical (unpaired) electrons. The molecule has 0 bridgehead atoms. The number of alkyl halides is 1. The number of fused-ring (bicyclic) bond motifs is 2. The van der Waals surface area contributed by atoms with E-state index in [2.05, 4.69) is 0 Å². The van der Waals surface area contributed by atoms with Crippen molar-refractivity contribution < 1.29 is 35.6 Å². The van der Waals surface area contributed by atoms with E-state index < -0.39 is 47.3 Å². The Morgan fingerprint density at radius 1 is 0.895 bits per heavy atom. The quantitative estimate of drug-likeness (QED) is 0.388. The highest BCUT2D eigenvalue weighted by Crippen LogP contribution is 2.56. The van der Waals surface area contributed by atoms with Gasteiger partial charge in [0.05, 0.1) is 27.7 Å². The monoisotopic (exact) mass is 562 g/mol. The van der Waals surface area contributed by atoms with Crippen molar-refractivity contribution in [3.05, 3.63) is 57.6 Å². The number of sulfone groups is 2. The minimum atomic E-state index is -4.85. The van der Waals surface area contributed by atoms with Crippen molar-refractivity contribution in [3.8, 4) is 0 Å². The second kappa shape index (κ2) is 7.97. The predicted molar refractivity (Wildman–Crippen MR) is 139 cm³/mol. The fraction of sp³-hybridized carbons (Fsp3) is 0.500. The second-order valence-corrected chi connectivity index (χ2v) is 15.9. The van der Waals surface area contributed by atoms with E-state index >= 15 is 4.39 Å². The van der Waals surface area contributed by atoms with Gasteiger partial charge in [0, 0.05) is 16.4 Å². The highest BCUT2D eigenvalue weighted by Gasteiger charge is 2.69. The fourth-order valence-electron chi connectivity index (χ4n) is 6.35. The molecule has 0 spiro atoms. The molecule has 7 nitrogen and oxygen atoms in total. The van der Waals surface area contributed by atoms with Gasteiger partial charge < -0.3 is 4.74 Å². The van der Waals surface area contributed by atoms with E-state index in [1.54, 1.807) is 13.8 Å². The topological polar surface area (TPSA) is 112 Å². The van der Waals surface area contributed by atoms with Crippen LogP contribution in [0.3, 0.4) is 0 Å². The Hall–Kier alpha value is -2.59. The van der Waals surface area contributed by atoms with E-state index in [0.29, 0.717) is 11.5 Å². The Morgan fingerprint density at radius 2 is 1.45 bits per heavy atom. The summed E-state index contributed by atoms with van der Waals surface area (Å²) in [5.41, 5.74) is -1.78. The zero-order valence-corrected chi connectivity index (χ0v) is 23.9. The van der Waals surface area contributed by atoms with Crippen molar-refractivity contribution in [2.24, 2.45) is 5.92 Å². The van der Waals surface area contributed by atoms with Crippen LogP contribution in [0.1, 0.15) is 83.5 Å². The van der Waals surface area contributed by atoms with Crippen LogP contribution < -0.4 is 0 Å². The third-order valence-corrected chi connectivity index (χ3v) is 12.9. The normalized spacial score (nSPS) is 25.4. The number of ketones is 1. The summed E-state index contributed by atoms with van der Waals surface area (Å²) >= 11 is 0. The molecular weight excluding hydrogens is 531 g/mol. The molecule has 2 aromatic rings. The van der Waals surface area contributed by atoms with Gasteiger partial charge in [-0.2, -0.15) is 0 Å². The molecule has 1 fully saturated rings. The Kier molecular flexibility index (Phi) is 5.66. The lowest BCUT2D eigenvalue weighted by Gasteiger charge is -2.33. The number of carbonyl (C=O) groups excluding carboxylic acids is 2. The standard InChI is InChI=1S/C28H31FO7S2/c1-15-18(9-11-20-22(15)26(3,4)14-37(20,32)33)24(30)28(29)27(5,6)23-16(2)19(10-12-21(23)38(28,34)35)25(31)36-13-17-7-8-17/h9-12,17H,7-8,13-14H2,1-6H3. The third-order valence-electron chi connectivity index (χ3n) is 8.41. The molecule has 38 heavy (non-hydrogen) atoms. The van der Waals surface area contributed by atoms with Crippen LogP contribution in [-0.4, -0.2) is 45.9 Å². The molecule has 5 rings (SSSR count). The largest absolute Gasteiger partial charge is 0.462 e. The summed E-state index contributed by atoms with van der Waals surface area (Å²) in [4.78, 5) is 26.5. The van der Waals surface area contributed by atoms with Gasteiger partial charge in [-0.25, -0.2) is 26.0 Å². The average molecular weight is 563 g/mol. The molecule has 2 aromatic carbocycles. The Labute approximate surface area is 222 Å². The average Bonchev–Trinajstić information content (AvgIpc) is 3.59. The smallest absolute Gasteiger partial charge is 0.338 e. The number of halogens is 1. The van der Waals surface area contributed by atoms with E-state index in [1.807, 2.05) is 0 Å². The molecule has 204 valence electrons. The van der Waals surface area contributed by atoms with Crippen LogP contribution in [-0.2, 0) is 35.2 Å². The highest BCUT2D eigenvalue weighted by molar-refractivity contribution is 7.94. The van der Waals surface area contributed by atoms with Gasteiger partial charge in [0.1, 0.15) is 0 Å². The Morgan fingerprint density at radius 3 is 2.05 bits per heavy atom. The molecule has 3 aliphatic rings. The van der Waals surface area contributed by atoms with Gasteiger partial charge in [-0.3, -0.25) is 4.79 Å². The molecule has 1 aliphatic carbocycles. The van der Waals surface area contributed by atoms with Crippen molar-refractivity contribution in [3.63, 3.8) is 0 Å². The van der Waals surface area contributed by atoms with Crippen molar-refractivity contribution >= 4 is 31.4 Å². The van der Waals surface area contributed by atoms with Gasteiger partial charge >= 0.3 is 5.97 Å². The molecule has 2 aliphatic heterocycles. The van der Waals surface area contributed by atoms with E-state index in [4.69, 9.17) is 4.74 Å². The molecule has 0 N–H and O–H groups in total. The van der Waals surface area contributed by atoms with Crippen molar-refractivity contribution in [2.75, 3.05) is 12.4 Å². The molecule has 0 aromatic heterocycles. The summed E-state index contributed by atoms with van der Waals surface area (Å²) in [6, 6.07) is 4.96. The number of hydrogen-bond donors (Lipinski definition) is 0. The van der Waals surface area contributed by atoms with Crippen molar-refractivity contribution in [1.29, 1.82) is 0 Å². The number of ether oxygens (including phenoxy) is 1. The molecule has 0 amide bonds. The molecule has 1 unspecified atom stereocenters. The summed E-state index contributed by atoms with van der Waals surface area (Å²) < 4.78 is 75.5. The summed E-state index contributed by atoms with van der Waals surface area (Å²) in [6.07, 6.45) is 1.97. The second-order valence-electron chi connectivity index (χ2n) is 12.0. The SMILES string of the molecule is Cc1c(C(=O)C2(F)C(C)(C)c3c(ccc(C(=O)OCC4CC4)c3C)S2(=O)=O)ccc2c1C(C)(C)CS2(=O)=O. The first-order chi connectivity index (χ1) is 17.4. The fourth-order valence-corrected chi connectivity index (χ4v) is 11.0. The maximum atomic E-state index is 17.2. The maximum absolute atomic E-state index is 17.2. The van der Waals surface area contributed by atoms with Gasteiger partial charge in [0.2, 0.25) is 15.6 Å². The van der Waals surface area contributed by atoms with Crippen LogP contribution in [0, 0.1) is 19.8 Å². The van der Waals surface area contributed by atoms with Gasteiger partial charge in [0.15, 0.2) is 9.84 Å². The van der Waals surface area contributed by atoms with Gasteiger partial charge in [-0.15, -0.1) is 0 Å². The van der Waals surface area contributed by atoms with Crippen molar-refractivity contribution in [2.45, 2.75) is 80.0 Å². The van der Waals surface area contributed by atoms with Crippen LogP contribution in [0.25, 0.3) is 0 Å². The summed E-state index contributed by atoms with van der Waals surface area (Å²) in [5.74, 6) is -1.71. The lowest BCUT2D eigenvalue weighted by Crippen LogP contribution is -2.51. The summed E-state index contributed by atoms with van der Waals surface area (Å²) in [6.45, 7) is 9.47. The molecule has 0 saturated heterocycles. The molecule has 10 heteroatoms. The Bertz CT molecular complexity index is 1650. The van der Waals surface area contributed by atoms with E-state index in [-0.39, 0.29) is 50.0 Å². The number of hydrogen-bond acceptors (Lipinski definition) is 7. The third kappa shape index (κ3) is 3.41. The molecular formula is C28H31FO7S2. The van der Waals surface area contributed by atoms with Crippen molar-refractivity contribution in [1.82, 2.24) is 0 Å². The molecule has 1 saturated carbocycles. The number of rotatable bonds is 5. The first-order valence-electron chi connectivity index (χ1n) is 12.6. The van der Waals surface area contributed by atoms with Crippen LogP contribution in [0.2, 0.25) is 0 Å². The van der Waals surface area contributed by atoms with E-state index in [0.717, 1.165) is 12.8 Å². The van der Waals surface area contributed by atoms with Crippen LogP contribution in [0.5, 0.6) is 0 Å². The first kappa shape index (κ1) is 27.0. The lowest BCUT2D eigenvalue weighted by molar-refractivity contribution is 0.0484. The van der Waals surface area contributed by atoms with Gasteiger partial charge in [-0.1, -0.05) is 27.7 Å². The molecule has 2 heterocycles. The number of carbonyl (C=O) groups is 2. The zero-order chi connectivity index (χ0) is 28.2. The zero-order valence-electron chi connectivity index (χ0n) is 22.3. The number of esters is 1. The van der Waals surface area contributed by atoms with Crippen LogP contribution in [0.4, 0.5) is 4.39 Å². The molecule has 1 atom stereocenters. The maximum Gasteiger partial charge on any atom is 0.338 e. The van der Waals surface area contributed by atoms with Gasteiger partial charge in [-0.05, 0) is 79.1 Å². The lowest BCUT2D eigenvalue weighted by atomic mass is 9.73. The summed E-state index contributed by atoms with van der Waals surface area (Å²) in [5, 5.41) is -3.38.